The molecular weight excluding hydrogens is 554 g/mol. The van der Waals surface area contributed by atoms with Crippen LogP contribution in [0.1, 0.15) is 66.7 Å². The third kappa shape index (κ3) is 7.99. The van der Waals surface area contributed by atoms with E-state index in [1.807, 2.05) is 13.8 Å². The summed E-state index contributed by atoms with van der Waals surface area (Å²) in [5, 5.41) is 18.4. The Morgan fingerprint density at radius 3 is 2.53 bits per heavy atom. The van der Waals surface area contributed by atoms with Gasteiger partial charge in [-0.15, -0.1) is 0 Å². The van der Waals surface area contributed by atoms with Crippen molar-refractivity contribution in [1.82, 2.24) is 35.4 Å². The smallest absolute Gasteiger partial charge is 0.326 e. The first-order valence-corrected chi connectivity index (χ1v) is 14.7. The summed E-state index contributed by atoms with van der Waals surface area (Å²) in [7, 11) is 0. The molecule has 1 aliphatic rings. The highest BCUT2D eigenvalue weighted by atomic mass is 16.3. The molecule has 0 fully saturated rings. The largest absolute Gasteiger partial charge is 0.506 e. The number of H-pyrrole nitrogens is 1. The summed E-state index contributed by atoms with van der Waals surface area (Å²) in [6, 6.07) is 5.58. The SMILES string of the molecule is CC[C@H](C)[C@@H]1NC(=O)CCCN(C(=O)c2cncc(O)c2)CCCNC(=O)c2ccc3[nH]c(=O)n(c3c2)CCCNC1=O. The van der Waals surface area contributed by atoms with Crippen molar-refractivity contribution in [2.24, 2.45) is 5.92 Å². The summed E-state index contributed by atoms with van der Waals surface area (Å²) in [5.74, 6) is -1.52. The Hall–Kier alpha value is -4.68. The predicted molar refractivity (Wildman–Crippen MR) is 160 cm³/mol. The van der Waals surface area contributed by atoms with Crippen molar-refractivity contribution in [1.29, 1.82) is 0 Å². The van der Waals surface area contributed by atoms with Gasteiger partial charge in [0.1, 0.15) is 11.8 Å². The van der Waals surface area contributed by atoms with E-state index in [0.29, 0.717) is 55.4 Å². The van der Waals surface area contributed by atoms with Crippen LogP contribution in [0.25, 0.3) is 11.0 Å². The Labute approximate surface area is 249 Å². The van der Waals surface area contributed by atoms with E-state index in [1.165, 1.54) is 23.0 Å². The van der Waals surface area contributed by atoms with E-state index in [2.05, 4.69) is 25.9 Å². The fourth-order valence-corrected chi connectivity index (χ4v) is 5.07. The number of hydrogen-bond acceptors (Lipinski definition) is 7. The third-order valence-corrected chi connectivity index (χ3v) is 7.69. The molecule has 0 unspecified atom stereocenters. The number of hydrogen-bond donors (Lipinski definition) is 5. The summed E-state index contributed by atoms with van der Waals surface area (Å²) >= 11 is 0. The van der Waals surface area contributed by atoms with Crippen LogP contribution in [0.3, 0.4) is 0 Å². The molecule has 1 aromatic carbocycles. The number of aryl methyl sites for hydroxylation is 1. The second-order valence-corrected chi connectivity index (χ2v) is 10.8. The van der Waals surface area contributed by atoms with Gasteiger partial charge in [0.2, 0.25) is 11.8 Å². The van der Waals surface area contributed by atoms with E-state index in [-0.39, 0.29) is 72.6 Å². The highest BCUT2D eigenvalue weighted by Gasteiger charge is 2.26. The second-order valence-electron chi connectivity index (χ2n) is 10.8. The Morgan fingerprint density at radius 2 is 1.77 bits per heavy atom. The molecule has 2 atom stereocenters. The minimum atomic E-state index is -0.724. The molecule has 0 saturated heterocycles. The Morgan fingerprint density at radius 1 is 1.02 bits per heavy atom. The molecule has 43 heavy (non-hydrogen) atoms. The molecule has 3 heterocycles. The lowest BCUT2D eigenvalue weighted by Gasteiger charge is -2.25. The number of benzene rings is 1. The van der Waals surface area contributed by atoms with Crippen molar-refractivity contribution in [3.8, 4) is 5.75 Å². The summed E-state index contributed by atoms with van der Waals surface area (Å²) in [4.78, 5) is 73.0. The van der Waals surface area contributed by atoms with Gasteiger partial charge < -0.3 is 30.9 Å². The zero-order valence-corrected chi connectivity index (χ0v) is 24.5. The van der Waals surface area contributed by atoms with E-state index in [4.69, 9.17) is 0 Å². The van der Waals surface area contributed by atoms with Crippen molar-refractivity contribution in [3.63, 3.8) is 0 Å². The molecule has 2 aromatic heterocycles. The molecule has 4 amide bonds. The normalized spacial score (nSPS) is 18.8. The topological polar surface area (TPSA) is 179 Å². The molecule has 0 saturated carbocycles. The maximum absolute atomic E-state index is 13.3. The molecule has 1 aliphatic heterocycles. The summed E-state index contributed by atoms with van der Waals surface area (Å²) in [6.45, 7) is 5.27. The van der Waals surface area contributed by atoms with Crippen LogP contribution in [-0.4, -0.2) is 80.4 Å². The van der Waals surface area contributed by atoms with Crippen LogP contribution >= 0.6 is 0 Å². The number of carbonyl (C=O) groups is 4. The summed E-state index contributed by atoms with van der Waals surface area (Å²) in [6.07, 6.45) is 4.62. The van der Waals surface area contributed by atoms with Gasteiger partial charge in [0, 0.05) is 50.9 Å². The van der Waals surface area contributed by atoms with Crippen molar-refractivity contribution < 1.29 is 24.3 Å². The van der Waals surface area contributed by atoms with E-state index in [1.54, 1.807) is 23.1 Å². The number of aromatic amines is 1. The summed E-state index contributed by atoms with van der Waals surface area (Å²) < 4.78 is 1.54. The van der Waals surface area contributed by atoms with Gasteiger partial charge in [0.25, 0.3) is 11.8 Å². The molecule has 0 spiro atoms. The van der Waals surface area contributed by atoms with E-state index >= 15 is 0 Å². The van der Waals surface area contributed by atoms with E-state index in [9.17, 15) is 29.1 Å². The van der Waals surface area contributed by atoms with Crippen LogP contribution in [0.4, 0.5) is 0 Å². The number of imidazole rings is 1. The van der Waals surface area contributed by atoms with Gasteiger partial charge >= 0.3 is 5.69 Å². The maximum Gasteiger partial charge on any atom is 0.326 e. The molecule has 13 nitrogen and oxygen atoms in total. The average Bonchev–Trinajstić information content (AvgIpc) is 3.31. The minimum absolute atomic E-state index is 0.0982. The van der Waals surface area contributed by atoms with E-state index < -0.39 is 6.04 Å². The van der Waals surface area contributed by atoms with E-state index in [0.717, 1.165) is 0 Å². The van der Waals surface area contributed by atoms with Crippen molar-refractivity contribution in [3.05, 3.63) is 58.3 Å². The van der Waals surface area contributed by atoms with Crippen molar-refractivity contribution in [2.75, 3.05) is 26.2 Å². The van der Waals surface area contributed by atoms with Crippen LogP contribution in [0, 0.1) is 5.92 Å². The monoisotopic (exact) mass is 593 g/mol. The Kier molecular flexibility index (Phi) is 10.5. The first-order valence-electron chi connectivity index (χ1n) is 14.7. The number of amides is 4. The Balaban J connectivity index is 1.56. The number of rotatable bonds is 3. The van der Waals surface area contributed by atoms with Crippen LogP contribution in [0.15, 0.2) is 41.5 Å². The van der Waals surface area contributed by atoms with Gasteiger partial charge in [0.15, 0.2) is 0 Å². The molecule has 4 rings (SSSR count). The highest BCUT2D eigenvalue weighted by Crippen LogP contribution is 2.15. The molecule has 2 bridgehead atoms. The molecule has 0 aliphatic carbocycles. The van der Waals surface area contributed by atoms with Crippen LogP contribution in [0.5, 0.6) is 5.75 Å². The molecule has 13 heteroatoms. The number of aromatic nitrogens is 3. The molecule has 230 valence electrons. The lowest BCUT2D eigenvalue weighted by molar-refractivity contribution is -0.130. The van der Waals surface area contributed by atoms with Gasteiger partial charge in [-0.3, -0.25) is 28.7 Å². The maximum atomic E-state index is 13.3. The van der Waals surface area contributed by atoms with Gasteiger partial charge in [-0.25, -0.2) is 4.79 Å². The number of aromatic hydroxyl groups is 1. The van der Waals surface area contributed by atoms with Crippen molar-refractivity contribution >= 4 is 34.7 Å². The van der Waals surface area contributed by atoms with Crippen LogP contribution in [-0.2, 0) is 16.1 Å². The number of nitrogens with one attached hydrogen (secondary N) is 4. The van der Waals surface area contributed by atoms with Gasteiger partial charge in [-0.2, -0.15) is 0 Å². The molecule has 5 N–H and O–H groups in total. The quantitative estimate of drug-likeness (QED) is 0.306. The number of fused-ring (bicyclic) bond motifs is 1. The first-order chi connectivity index (χ1) is 20.7. The third-order valence-electron chi connectivity index (χ3n) is 7.69. The fourth-order valence-electron chi connectivity index (χ4n) is 5.07. The fraction of sp³-hybridized carbons (Fsp3) is 0.467. The van der Waals surface area contributed by atoms with Crippen LogP contribution in [0.2, 0.25) is 0 Å². The molecule has 0 radical (unpaired) electrons. The minimum Gasteiger partial charge on any atom is -0.506 e. The second kappa shape index (κ2) is 14.5. The lowest BCUT2D eigenvalue weighted by atomic mass is 9.98. The van der Waals surface area contributed by atoms with Gasteiger partial charge in [-0.1, -0.05) is 20.3 Å². The zero-order chi connectivity index (χ0) is 30.9. The number of nitrogens with zero attached hydrogens (tertiary/aromatic N) is 3. The Bertz CT molecular complexity index is 1530. The molecular formula is C30H39N7O6. The lowest BCUT2D eigenvalue weighted by Crippen LogP contribution is -2.50. The van der Waals surface area contributed by atoms with Crippen molar-refractivity contribution in [2.45, 2.75) is 58.5 Å². The van der Waals surface area contributed by atoms with Gasteiger partial charge in [-0.05, 0) is 49.4 Å². The molecule has 3 aromatic rings. The standard InChI is InChI=1S/C30H39N7O6/c1-3-19(2)26-28(41)33-11-6-14-37-24-16-20(8-9-23(24)34-30(37)43)27(40)32-10-5-13-36(12-4-7-25(39)35-26)29(42)21-15-22(38)18-31-17-21/h8-9,15-19,26,38H,3-7,10-14H2,1-2H3,(H,32,40)(H,33,41)(H,34,43)(H,35,39)/t19-,26-/m0/s1. The number of carbonyl (C=O) groups excluding carboxylic acids is 4. The highest BCUT2D eigenvalue weighted by molar-refractivity contribution is 5.97. The zero-order valence-electron chi connectivity index (χ0n) is 24.5. The first kappa shape index (κ1) is 31.3. The number of pyridine rings is 1. The predicted octanol–water partition coefficient (Wildman–Crippen LogP) is 1.52. The van der Waals surface area contributed by atoms with Gasteiger partial charge in [0.05, 0.1) is 22.8 Å². The van der Waals surface area contributed by atoms with Crippen LogP contribution < -0.4 is 21.6 Å². The average molecular weight is 594 g/mol. The summed E-state index contributed by atoms with van der Waals surface area (Å²) in [5.41, 5.74) is 1.46.